The van der Waals surface area contributed by atoms with Gasteiger partial charge in [0.2, 0.25) is 0 Å². The summed E-state index contributed by atoms with van der Waals surface area (Å²) >= 11 is 12.0. The van der Waals surface area contributed by atoms with Gasteiger partial charge in [0.05, 0.1) is 16.1 Å². The third-order valence-corrected chi connectivity index (χ3v) is 5.28. The molecule has 0 bridgehead atoms. The molecule has 6 heteroatoms. The largest absolute Gasteiger partial charge is 0.391 e. The number of halogens is 2. The van der Waals surface area contributed by atoms with Crippen molar-refractivity contribution < 1.29 is 4.79 Å². The summed E-state index contributed by atoms with van der Waals surface area (Å²) in [7, 11) is 0. The topological polar surface area (TPSA) is 55.1 Å². The van der Waals surface area contributed by atoms with Crippen molar-refractivity contribution in [1.29, 1.82) is 0 Å². The van der Waals surface area contributed by atoms with Gasteiger partial charge in [-0.3, -0.25) is 4.79 Å². The Labute approximate surface area is 140 Å². The van der Waals surface area contributed by atoms with Gasteiger partial charge >= 0.3 is 0 Å². The summed E-state index contributed by atoms with van der Waals surface area (Å²) in [6.07, 6.45) is 4.88. The molecular weight excluding hydrogens is 404 g/mol. The van der Waals surface area contributed by atoms with Crippen LogP contribution in [0.3, 0.4) is 0 Å². The van der Waals surface area contributed by atoms with Crippen LogP contribution in [0.15, 0.2) is 27.1 Å². The maximum Gasteiger partial charge on any atom is 0.253 e. The van der Waals surface area contributed by atoms with Crippen molar-refractivity contribution in [2.75, 3.05) is 0 Å². The number of thiocarbonyl (C=S) groups is 1. The number of carbonyl (C=O) groups is 1. The van der Waals surface area contributed by atoms with Crippen LogP contribution < -0.4 is 11.1 Å². The van der Waals surface area contributed by atoms with E-state index in [1.165, 1.54) is 6.42 Å². The van der Waals surface area contributed by atoms with E-state index in [9.17, 15) is 4.79 Å². The Bertz CT molecular complexity index is 542. The number of carbonyl (C=O) groups excluding carboxylic acids is 1. The lowest BCUT2D eigenvalue weighted by Gasteiger charge is -2.37. The number of benzene rings is 1. The van der Waals surface area contributed by atoms with Crippen LogP contribution in [0.2, 0.25) is 0 Å². The lowest BCUT2D eigenvalue weighted by molar-refractivity contribution is 0.0907. The highest BCUT2D eigenvalue weighted by Crippen LogP contribution is 2.30. The molecule has 1 aliphatic rings. The maximum absolute atomic E-state index is 12.5. The van der Waals surface area contributed by atoms with Crippen LogP contribution >= 0.6 is 44.1 Å². The van der Waals surface area contributed by atoms with Crippen molar-refractivity contribution in [3.8, 4) is 0 Å². The van der Waals surface area contributed by atoms with Crippen LogP contribution in [-0.4, -0.2) is 16.4 Å². The normalized spacial score (nSPS) is 17.5. The average molecular weight is 420 g/mol. The average Bonchev–Trinajstić information content (AvgIpc) is 2.42. The van der Waals surface area contributed by atoms with Gasteiger partial charge in [0.1, 0.15) is 0 Å². The molecule has 1 aromatic carbocycles. The summed E-state index contributed by atoms with van der Waals surface area (Å²) in [5, 5.41) is 3.06. The molecule has 2 rings (SSSR count). The minimum Gasteiger partial charge on any atom is -0.391 e. The second kappa shape index (κ2) is 6.54. The van der Waals surface area contributed by atoms with E-state index in [2.05, 4.69) is 37.2 Å². The zero-order valence-corrected chi connectivity index (χ0v) is 14.9. The van der Waals surface area contributed by atoms with Crippen LogP contribution in [0.4, 0.5) is 0 Å². The minimum atomic E-state index is -0.535. The maximum atomic E-state index is 12.5. The van der Waals surface area contributed by atoms with E-state index in [1.54, 1.807) is 6.07 Å². The highest BCUT2D eigenvalue weighted by molar-refractivity contribution is 9.11. The third kappa shape index (κ3) is 3.40. The van der Waals surface area contributed by atoms with Gasteiger partial charge in [-0.15, -0.1) is 0 Å². The van der Waals surface area contributed by atoms with Crippen LogP contribution in [0.5, 0.6) is 0 Å². The molecule has 20 heavy (non-hydrogen) atoms. The Morgan fingerprint density at radius 2 is 1.90 bits per heavy atom. The molecule has 0 aliphatic heterocycles. The zero-order chi connectivity index (χ0) is 14.8. The molecule has 1 fully saturated rings. The molecule has 0 unspecified atom stereocenters. The standard InChI is InChI=1S/C14H16Br2N2OS/c15-9-4-5-11(16)10(8-9)12(19)18-14(13(17)20)6-2-1-3-7-14/h4-5,8H,1-3,6-7H2,(H2,17,20)(H,18,19). The highest BCUT2D eigenvalue weighted by atomic mass is 79.9. The number of hydrogen-bond donors (Lipinski definition) is 2. The van der Waals surface area contributed by atoms with Crippen molar-refractivity contribution in [2.24, 2.45) is 5.73 Å². The molecule has 3 N–H and O–H groups in total. The molecule has 1 aliphatic carbocycles. The van der Waals surface area contributed by atoms with Crippen LogP contribution in [0.25, 0.3) is 0 Å². The molecule has 0 atom stereocenters. The zero-order valence-electron chi connectivity index (χ0n) is 10.9. The summed E-state index contributed by atoms with van der Waals surface area (Å²) in [6, 6.07) is 5.51. The summed E-state index contributed by atoms with van der Waals surface area (Å²) in [5.41, 5.74) is 5.94. The van der Waals surface area contributed by atoms with Gasteiger partial charge in [0, 0.05) is 8.95 Å². The summed E-state index contributed by atoms with van der Waals surface area (Å²) in [5.74, 6) is -0.145. The smallest absolute Gasteiger partial charge is 0.253 e. The Morgan fingerprint density at radius 3 is 2.50 bits per heavy atom. The number of amides is 1. The Balaban J connectivity index is 2.24. The van der Waals surface area contributed by atoms with Gasteiger partial charge in [-0.1, -0.05) is 47.4 Å². The van der Waals surface area contributed by atoms with E-state index in [0.29, 0.717) is 10.6 Å². The lowest BCUT2D eigenvalue weighted by Crippen LogP contribution is -2.57. The van der Waals surface area contributed by atoms with E-state index >= 15 is 0 Å². The van der Waals surface area contributed by atoms with Crippen molar-refractivity contribution in [3.05, 3.63) is 32.7 Å². The molecule has 0 spiro atoms. The summed E-state index contributed by atoms with van der Waals surface area (Å²) in [6.45, 7) is 0. The second-order valence-corrected chi connectivity index (χ2v) is 7.30. The van der Waals surface area contributed by atoms with Gasteiger partial charge < -0.3 is 11.1 Å². The minimum absolute atomic E-state index is 0.145. The van der Waals surface area contributed by atoms with Gasteiger partial charge in [0.25, 0.3) is 5.91 Å². The van der Waals surface area contributed by atoms with Crippen molar-refractivity contribution in [2.45, 2.75) is 37.6 Å². The van der Waals surface area contributed by atoms with Crippen molar-refractivity contribution in [3.63, 3.8) is 0 Å². The van der Waals surface area contributed by atoms with Gasteiger partial charge in [-0.25, -0.2) is 0 Å². The van der Waals surface area contributed by atoms with E-state index in [-0.39, 0.29) is 5.91 Å². The van der Waals surface area contributed by atoms with Crippen molar-refractivity contribution in [1.82, 2.24) is 5.32 Å². The van der Waals surface area contributed by atoms with Gasteiger partial charge in [-0.2, -0.15) is 0 Å². The lowest BCUT2D eigenvalue weighted by atomic mass is 9.81. The second-order valence-electron chi connectivity index (χ2n) is 5.09. The summed E-state index contributed by atoms with van der Waals surface area (Å²) in [4.78, 5) is 12.9. The fraction of sp³-hybridized carbons (Fsp3) is 0.429. The molecule has 108 valence electrons. The van der Waals surface area contributed by atoms with Crippen molar-refractivity contribution >= 4 is 55.0 Å². The molecule has 0 saturated heterocycles. The first kappa shape index (κ1) is 15.9. The number of hydrogen-bond acceptors (Lipinski definition) is 2. The van der Waals surface area contributed by atoms with Gasteiger partial charge in [0.15, 0.2) is 0 Å². The number of nitrogens with two attached hydrogens (primary N) is 1. The first-order chi connectivity index (χ1) is 9.44. The van der Waals surface area contributed by atoms with Crippen LogP contribution in [-0.2, 0) is 0 Å². The molecule has 1 saturated carbocycles. The molecule has 0 aromatic heterocycles. The Morgan fingerprint density at radius 1 is 1.25 bits per heavy atom. The van der Waals surface area contributed by atoms with E-state index in [1.807, 2.05) is 12.1 Å². The predicted octanol–water partition coefficient (Wildman–Crippen LogP) is 3.93. The number of rotatable bonds is 3. The van der Waals surface area contributed by atoms with E-state index in [0.717, 1.165) is 34.6 Å². The molecule has 1 aromatic rings. The number of nitrogens with one attached hydrogen (secondary N) is 1. The van der Waals surface area contributed by atoms with Crippen LogP contribution in [0, 0.1) is 0 Å². The summed E-state index contributed by atoms with van der Waals surface area (Å²) < 4.78 is 1.62. The Kier molecular flexibility index (Phi) is 5.20. The quantitative estimate of drug-likeness (QED) is 0.729. The highest BCUT2D eigenvalue weighted by Gasteiger charge is 2.36. The Hall–Kier alpha value is -0.460. The first-order valence-electron chi connectivity index (χ1n) is 6.52. The van der Waals surface area contributed by atoms with Crippen LogP contribution in [0.1, 0.15) is 42.5 Å². The SMILES string of the molecule is NC(=S)C1(NC(=O)c2cc(Br)ccc2Br)CCCCC1. The monoisotopic (exact) mass is 418 g/mol. The third-order valence-electron chi connectivity index (χ3n) is 3.70. The van der Waals surface area contributed by atoms with E-state index in [4.69, 9.17) is 18.0 Å². The fourth-order valence-electron chi connectivity index (χ4n) is 2.54. The predicted molar refractivity (Wildman–Crippen MR) is 91.9 cm³/mol. The van der Waals surface area contributed by atoms with Gasteiger partial charge in [-0.05, 0) is 47.0 Å². The first-order valence-corrected chi connectivity index (χ1v) is 8.51. The molecule has 3 nitrogen and oxygen atoms in total. The molecule has 0 radical (unpaired) electrons. The molecule has 1 amide bonds. The van der Waals surface area contributed by atoms with E-state index < -0.39 is 5.54 Å². The molecular formula is C14H16Br2N2OS. The fourth-order valence-corrected chi connectivity index (χ4v) is 3.59. The molecule has 0 heterocycles.